The maximum Gasteiger partial charge on any atom is 0.261 e. The number of carbonyl (C=O) groups excluding carboxylic acids is 1. The summed E-state index contributed by atoms with van der Waals surface area (Å²) in [5, 5.41) is 9.63. The normalized spacial score (nSPS) is 13.1. The summed E-state index contributed by atoms with van der Waals surface area (Å²) in [6.07, 6.45) is 5.47. The van der Waals surface area contributed by atoms with E-state index in [1.807, 2.05) is 41.3 Å². The van der Waals surface area contributed by atoms with Gasteiger partial charge in [0.1, 0.15) is 5.84 Å². The Hall–Kier alpha value is -3.78. The van der Waals surface area contributed by atoms with Crippen molar-refractivity contribution in [2.24, 2.45) is 10.7 Å². The molecule has 1 amide bonds. The van der Waals surface area contributed by atoms with Gasteiger partial charge in [0.15, 0.2) is 0 Å². The number of aliphatic imine (C=N–C) groups is 1. The third-order valence-corrected chi connectivity index (χ3v) is 6.04. The lowest BCUT2D eigenvalue weighted by atomic mass is 10.00. The number of carbonyl (C=O) groups is 1. The van der Waals surface area contributed by atoms with Crippen molar-refractivity contribution in [2.45, 2.75) is 39.7 Å². The van der Waals surface area contributed by atoms with Gasteiger partial charge in [-0.1, -0.05) is 32.0 Å². The number of aliphatic hydroxyl groups excluding tert-OH is 1. The standard InChI is InChI=1S/C27H31N5O3/c1-3-9-31(10-4-2)26(34)21-13-20-6-5-18(14-23(20)30-25(28)16-21)19-7-8-22-24(15-19)29-17-32(11-12-33)27(22)35/h5-8,13-15,17,33H,3-4,9-12,16H2,1-2H3,(H2,28,30). The fourth-order valence-electron chi connectivity index (χ4n) is 4.37. The van der Waals surface area contributed by atoms with Crippen molar-refractivity contribution in [1.29, 1.82) is 0 Å². The second-order valence-electron chi connectivity index (χ2n) is 8.71. The van der Waals surface area contributed by atoms with E-state index >= 15 is 0 Å². The molecule has 3 aromatic rings. The van der Waals surface area contributed by atoms with Crippen LogP contribution in [0.15, 0.2) is 58.1 Å². The number of amides is 1. The summed E-state index contributed by atoms with van der Waals surface area (Å²) in [5.74, 6) is 0.411. The molecule has 0 radical (unpaired) electrons. The van der Waals surface area contributed by atoms with Gasteiger partial charge in [-0.3, -0.25) is 14.2 Å². The summed E-state index contributed by atoms with van der Waals surface area (Å²) in [6.45, 7) is 5.65. The van der Waals surface area contributed by atoms with Crippen LogP contribution >= 0.6 is 0 Å². The molecule has 0 saturated heterocycles. The van der Waals surface area contributed by atoms with Gasteiger partial charge in [0.2, 0.25) is 5.91 Å². The summed E-state index contributed by atoms with van der Waals surface area (Å²) < 4.78 is 1.40. The van der Waals surface area contributed by atoms with Gasteiger partial charge in [-0.2, -0.15) is 0 Å². The zero-order chi connectivity index (χ0) is 24.9. The van der Waals surface area contributed by atoms with Crippen molar-refractivity contribution >= 4 is 34.4 Å². The van der Waals surface area contributed by atoms with Crippen LogP contribution in [0.5, 0.6) is 0 Å². The largest absolute Gasteiger partial charge is 0.395 e. The number of rotatable bonds is 8. The van der Waals surface area contributed by atoms with E-state index in [0.717, 1.165) is 29.5 Å². The molecule has 3 N–H and O–H groups in total. The average Bonchev–Trinajstić information content (AvgIpc) is 3.02. The van der Waals surface area contributed by atoms with Crippen LogP contribution in [0.2, 0.25) is 0 Å². The number of benzene rings is 2. The fourth-order valence-corrected chi connectivity index (χ4v) is 4.37. The van der Waals surface area contributed by atoms with Gasteiger partial charge in [-0.15, -0.1) is 0 Å². The molecule has 0 saturated carbocycles. The predicted octanol–water partition coefficient (Wildman–Crippen LogP) is 3.48. The highest BCUT2D eigenvalue weighted by atomic mass is 16.3. The minimum absolute atomic E-state index is 0.0104. The molecule has 8 nitrogen and oxygen atoms in total. The molecule has 182 valence electrons. The Kier molecular flexibility index (Phi) is 7.41. The first-order valence-electron chi connectivity index (χ1n) is 12.0. The smallest absolute Gasteiger partial charge is 0.261 e. The summed E-state index contributed by atoms with van der Waals surface area (Å²) in [4.78, 5) is 36.7. The van der Waals surface area contributed by atoms with Crippen LogP contribution in [0, 0.1) is 0 Å². The zero-order valence-corrected chi connectivity index (χ0v) is 20.2. The van der Waals surface area contributed by atoms with E-state index in [2.05, 4.69) is 23.8 Å². The number of hydrogen-bond donors (Lipinski definition) is 2. The van der Waals surface area contributed by atoms with Gasteiger partial charge < -0.3 is 15.7 Å². The predicted molar refractivity (Wildman–Crippen MR) is 140 cm³/mol. The summed E-state index contributed by atoms with van der Waals surface area (Å²) in [7, 11) is 0. The second kappa shape index (κ2) is 10.7. The minimum atomic E-state index is -0.183. The molecule has 0 bridgehead atoms. The van der Waals surface area contributed by atoms with E-state index in [4.69, 9.17) is 10.8 Å². The Labute approximate surface area is 204 Å². The first-order valence-corrected chi connectivity index (χ1v) is 12.0. The molecular weight excluding hydrogens is 442 g/mol. The topological polar surface area (TPSA) is 114 Å². The first kappa shape index (κ1) is 24.3. The fraction of sp³-hybridized carbons (Fsp3) is 0.333. The summed E-state index contributed by atoms with van der Waals surface area (Å²) >= 11 is 0. The SMILES string of the molecule is CCCN(CCC)C(=O)C1=Cc2ccc(-c3ccc4c(=O)n(CCO)cnc4c3)cc2N=C(N)C1. The lowest BCUT2D eigenvalue weighted by Gasteiger charge is -2.22. The highest BCUT2D eigenvalue weighted by Crippen LogP contribution is 2.32. The van der Waals surface area contributed by atoms with Crippen LogP contribution in [0.3, 0.4) is 0 Å². The molecule has 0 fully saturated rings. The Morgan fingerprint density at radius 3 is 2.54 bits per heavy atom. The Morgan fingerprint density at radius 2 is 1.83 bits per heavy atom. The van der Waals surface area contributed by atoms with Crippen molar-refractivity contribution in [1.82, 2.24) is 14.5 Å². The Balaban J connectivity index is 1.70. The van der Waals surface area contributed by atoms with E-state index in [0.29, 0.717) is 47.5 Å². The third kappa shape index (κ3) is 5.17. The number of nitrogens with two attached hydrogens (primary N) is 1. The Bertz CT molecular complexity index is 1370. The number of amidine groups is 1. The van der Waals surface area contributed by atoms with Crippen LogP contribution < -0.4 is 11.3 Å². The molecule has 4 rings (SSSR count). The van der Waals surface area contributed by atoms with Crippen molar-refractivity contribution in [2.75, 3.05) is 19.7 Å². The first-order chi connectivity index (χ1) is 16.9. The van der Waals surface area contributed by atoms with E-state index in [1.165, 1.54) is 10.9 Å². The van der Waals surface area contributed by atoms with E-state index in [9.17, 15) is 9.59 Å². The van der Waals surface area contributed by atoms with Gasteiger partial charge in [0, 0.05) is 30.6 Å². The molecule has 1 aliphatic rings. The molecule has 2 aromatic carbocycles. The minimum Gasteiger partial charge on any atom is -0.395 e. The second-order valence-corrected chi connectivity index (χ2v) is 8.71. The number of fused-ring (bicyclic) bond motifs is 2. The van der Waals surface area contributed by atoms with Crippen molar-refractivity contribution < 1.29 is 9.90 Å². The molecule has 1 aliphatic heterocycles. The van der Waals surface area contributed by atoms with E-state index < -0.39 is 0 Å². The van der Waals surface area contributed by atoms with Gasteiger partial charge in [-0.05, 0) is 48.2 Å². The van der Waals surface area contributed by atoms with Crippen LogP contribution in [0.25, 0.3) is 28.1 Å². The molecular formula is C27H31N5O3. The lowest BCUT2D eigenvalue weighted by Crippen LogP contribution is -2.34. The maximum absolute atomic E-state index is 13.2. The third-order valence-electron chi connectivity index (χ3n) is 6.04. The quantitative estimate of drug-likeness (QED) is 0.520. The summed E-state index contributed by atoms with van der Waals surface area (Å²) in [5.41, 5.74) is 10.6. The van der Waals surface area contributed by atoms with Crippen LogP contribution in [-0.2, 0) is 11.3 Å². The van der Waals surface area contributed by atoms with Crippen molar-refractivity contribution in [3.8, 4) is 11.1 Å². The monoisotopic (exact) mass is 473 g/mol. The molecule has 0 spiro atoms. The number of nitrogens with zero attached hydrogens (tertiary/aromatic N) is 4. The van der Waals surface area contributed by atoms with Crippen LogP contribution in [0.1, 0.15) is 38.7 Å². The highest BCUT2D eigenvalue weighted by molar-refractivity contribution is 6.05. The van der Waals surface area contributed by atoms with Crippen molar-refractivity contribution in [3.05, 3.63) is 64.2 Å². The molecule has 2 heterocycles. The highest BCUT2D eigenvalue weighted by Gasteiger charge is 2.21. The Morgan fingerprint density at radius 1 is 1.11 bits per heavy atom. The summed E-state index contributed by atoms with van der Waals surface area (Å²) in [6, 6.07) is 11.3. The van der Waals surface area contributed by atoms with Crippen molar-refractivity contribution in [3.63, 3.8) is 0 Å². The van der Waals surface area contributed by atoms with Crippen LogP contribution in [-0.4, -0.2) is 51.0 Å². The molecule has 0 aliphatic carbocycles. The van der Waals surface area contributed by atoms with Gasteiger partial charge in [0.25, 0.3) is 5.56 Å². The van der Waals surface area contributed by atoms with E-state index in [-0.39, 0.29) is 24.6 Å². The molecule has 0 atom stereocenters. The number of aliphatic hydroxyl groups is 1. The van der Waals surface area contributed by atoms with Gasteiger partial charge >= 0.3 is 0 Å². The molecule has 1 aromatic heterocycles. The average molecular weight is 474 g/mol. The van der Waals surface area contributed by atoms with Crippen LogP contribution in [0.4, 0.5) is 5.69 Å². The molecule has 8 heteroatoms. The van der Waals surface area contributed by atoms with E-state index in [1.54, 1.807) is 6.07 Å². The number of hydrogen-bond acceptors (Lipinski definition) is 6. The lowest BCUT2D eigenvalue weighted by molar-refractivity contribution is -0.127. The number of aromatic nitrogens is 2. The molecule has 35 heavy (non-hydrogen) atoms. The molecule has 0 unspecified atom stereocenters. The van der Waals surface area contributed by atoms with Gasteiger partial charge in [-0.25, -0.2) is 9.98 Å². The zero-order valence-electron chi connectivity index (χ0n) is 20.2. The van der Waals surface area contributed by atoms with Gasteiger partial charge in [0.05, 0.1) is 36.1 Å². The maximum atomic E-state index is 13.2.